The van der Waals surface area contributed by atoms with Crippen molar-refractivity contribution in [1.82, 2.24) is 29.6 Å². The molecule has 2 fully saturated rings. The molecule has 10 heteroatoms. The summed E-state index contributed by atoms with van der Waals surface area (Å²) in [7, 11) is 0. The SMILES string of the molecule is O=C(Oc1ccccc1)N1CCC(n2ncc3c(N4CCOCC4)nc(-c4ccc5[nH]ccc5c4)nc32)CC1. The van der Waals surface area contributed by atoms with Crippen molar-refractivity contribution in [3.8, 4) is 17.1 Å². The van der Waals surface area contributed by atoms with Gasteiger partial charge in [0.15, 0.2) is 11.5 Å². The van der Waals surface area contributed by atoms with Crippen molar-refractivity contribution in [1.29, 1.82) is 0 Å². The summed E-state index contributed by atoms with van der Waals surface area (Å²) in [6.07, 6.45) is 5.04. The van der Waals surface area contributed by atoms with E-state index in [1.165, 1.54) is 0 Å². The van der Waals surface area contributed by atoms with Crippen LogP contribution in [0.1, 0.15) is 18.9 Å². The third-order valence-corrected chi connectivity index (χ3v) is 7.57. The first kappa shape index (κ1) is 23.7. The summed E-state index contributed by atoms with van der Waals surface area (Å²) in [6, 6.07) is 17.6. The number of rotatable bonds is 4. The minimum Gasteiger partial charge on any atom is -0.410 e. The van der Waals surface area contributed by atoms with Gasteiger partial charge < -0.3 is 24.3 Å². The van der Waals surface area contributed by atoms with Gasteiger partial charge in [-0.3, -0.25) is 0 Å². The summed E-state index contributed by atoms with van der Waals surface area (Å²) < 4.78 is 13.2. The minimum absolute atomic E-state index is 0.121. The number of morpholine rings is 1. The van der Waals surface area contributed by atoms with E-state index < -0.39 is 0 Å². The van der Waals surface area contributed by atoms with Gasteiger partial charge in [-0.15, -0.1) is 0 Å². The average molecular weight is 524 g/mol. The maximum atomic E-state index is 12.7. The summed E-state index contributed by atoms with van der Waals surface area (Å²) in [4.78, 5) is 30.1. The number of hydrogen-bond acceptors (Lipinski definition) is 7. The Kier molecular flexibility index (Phi) is 6.08. The van der Waals surface area contributed by atoms with E-state index in [0.717, 1.165) is 59.2 Å². The highest BCUT2D eigenvalue weighted by atomic mass is 16.6. The number of nitrogens with one attached hydrogen (secondary N) is 1. The van der Waals surface area contributed by atoms with Crippen LogP contribution in [0.2, 0.25) is 0 Å². The molecule has 3 aromatic heterocycles. The molecule has 1 N–H and O–H groups in total. The smallest absolute Gasteiger partial charge is 0.410 e. The first-order valence-corrected chi connectivity index (χ1v) is 13.4. The molecule has 39 heavy (non-hydrogen) atoms. The van der Waals surface area contributed by atoms with Gasteiger partial charge >= 0.3 is 6.09 Å². The molecule has 2 aliphatic rings. The molecule has 0 bridgehead atoms. The molecule has 0 saturated carbocycles. The number of H-pyrrole nitrogens is 1. The third-order valence-electron chi connectivity index (χ3n) is 7.57. The fraction of sp³-hybridized carbons (Fsp3) is 0.310. The van der Waals surface area contributed by atoms with Gasteiger partial charge in [0.25, 0.3) is 0 Å². The fourth-order valence-corrected chi connectivity index (χ4v) is 5.46. The van der Waals surface area contributed by atoms with E-state index in [1.807, 2.05) is 35.3 Å². The fourth-order valence-electron chi connectivity index (χ4n) is 5.46. The molecule has 0 aliphatic carbocycles. The molecule has 2 aromatic carbocycles. The number of fused-ring (bicyclic) bond motifs is 2. The molecule has 1 amide bonds. The van der Waals surface area contributed by atoms with Gasteiger partial charge in [0.2, 0.25) is 0 Å². The number of nitrogens with zero attached hydrogens (tertiary/aromatic N) is 6. The van der Waals surface area contributed by atoms with Crippen molar-refractivity contribution in [3.05, 3.63) is 67.0 Å². The molecular weight excluding hydrogens is 494 g/mol. The molecule has 198 valence electrons. The number of carbonyl (C=O) groups is 1. The molecule has 0 unspecified atom stereocenters. The summed E-state index contributed by atoms with van der Waals surface area (Å²) in [6.45, 7) is 4.07. The zero-order chi connectivity index (χ0) is 26.2. The number of likely N-dealkylation sites (tertiary alicyclic amines) is 1. The highest BCUT2D eigenvalue weighted by Gasteiger charge is 2.28. The van der Waals surface area contributed by atoms with Crippen molar-refractivity contribution >= 4 is 33.8 Å². The predicted octanol–water partition coefficient (Wildman–Crippen LogP) is 4.65. The summed E-state index contributed by atoms with van der Waals surface area (Å²) in [5.41, 5.74) is 2.86. The van der Waals surface area contributed by atoms with Crippen LogP contribution in [0.25, 0.3) is 33.3 Å². The molecule has 0 spiro atoms. The van der Waals surface area contributed by atoms with Crippen molar-refractivity contribution in [3.63, 3.8) is 0 Å². The van der Waals surface area contributed by atoms with Gasteiger partial charge in [0.1, 0.15) is 11.6 Å². The zero-order valence-electron chi connectivity index (χ0n) is 21.5. The standard InChI is InChI=1S/C29H29N7O3/c37-29(39-23-4-2-1-3-5-23)35-12-9-22(10-13-35)36-28-24(19-31-36)27(34-14-16-38-17-15-34)32-26(33-28)21-6-7-25-20(18-21)8-11-30-25/h1-8,11,18-19,22,30H,9-10,12-17H2. The maximum Gasteiger partial charge on any atom is 0.415 e. The van der Waals surface area contributed by atoms with Crippen LogP contribution in [-0.4, -0.2) is 75.1 Å². The third kappa shape index (κ3) is 4.57. The monoisotopic (exact) mass is 523 g/mol. The number of ether oxygens (including phenoxy) is 2. The van der Waals surface area contributed by atoms with E-state index in [9.17, 15) is 4.79 Å². The number of para-hydroxylation sites is 1. The van der Waals surface area contributed by atoms with Crippen LogP contribution in [0.3, 0.4) is 0 Å². The number of benzene rings is 2. The molecule has 5 heterocycles. The van der Waals surface area contributed by atoms with Gasteiger partial charge in [-0.05, 0) is 49.2 Å². The lowest BCUT2D eigenvalue weighted by atomic mass is 10.1. The van der Waals surface area contributed by atoms with Gasteiger partial charge in [-0.1, -0.05) is 18.2 Å². The lowest BCUT2D eigenvalue weighted by Crippen LogP contribution is -2.40. The van der Waals surface area contributed by atoms with Crippen LogP contribution in [0, 0.1) is 0 Å². The number of hydrogen-bond donors (Lipinski definition) is 1. The number of anilines is 1. The number of aromatic nitrogens is 5. The lowest BCUT2D eigenvalue weighted by Gasteiger charge is -2.31. The Bertz CT molecular complexity index is 1620. The second kappa shape index (κ2) is 10.0. The number of aromatic amines is 1. The van der Waals surface area contributed by atoms with Crippen molar-refractivity contribution in [2.24, 2.45) is 0 Å². The molecule has 7 rings (SSSR count). The Morgan fingerprint density at radius 2 is 1.79 bits per heavy atom. The Balaban J connectivity index is 1.19. The molecule has 10 nitrogen and oxygen atoms in total. The van der Waals surface area contributed by atoms with E-state index in [2.05, 4.69) is 34.1 Å². The largest absolute Gasteiger partial charge is 0.415 e. The van der Waals surface area contributed by atoms with Gasteiger partial charge in [-0.2, -0.15) is 5.10 Å². The average Bonchev–Trinajstić information content (AvgIpc) is 3.64. The quantitative estimate of drug-likeness (QED) is 0.366. The van der Waals surface area contributed by atoms with E-state index in [4.69, 9.17) is 24.5 Å². The van der Waals surface area contributed by atoms with Crippen molar-refractivity contribution in [2.45, 2.75) is 18.9 Å². The summed E-state index contributed by atoms with van der Waals surface area (Å²) in [5, 5.41) is 6.86. The molecule has 5 aromatic rings. The van der Waals surface area contributed by atoms with Gasteiger partial charge in [0.05, 0.1) is 30.8 Å². The van der Waals surface area contributed by atoms with Crippen molar-refractivity contribution in [2.75, 3.05) is 44.3 Å². The van der Waals surface area contributed by atoms with E-state index >= 15 is 0 Å². The summed E-state index contributed by atoms with van der Waals surface area (Å²) in [5.74, 6) is 2.13. The van der Waals surface area contributed by atoms with Crippen LogP contribution in [0.15, 0.2) is 67.0 Å². The van der Waals surface area contributed by atoms with Gasteiger partial charge in [0, 0.05) is 48.8 Å². The first-order valence-electron chi connectivity index (χ1n) is 13.4. The van der Waals surface area contributed by atoms with Crippen LogP contribution in [0.4, 0.5) is 10.6 Å². The van der Waals surface area contributed by atoms with Crippen LogP contribution in [-0.2, 0) is 4.74 Å². The number of carbonyl (C=O) groups excluding carboxylic acids is 1. The second-order valence-corrected chi connectivity index (χ2v) is 9.98. The highest BCUT2D eigenvalue weighted by Crippen LogP contribution is 2.33. The Hall–Kier alpha value is -4.44. The minimum atomic E-state index is -0.315. The molecule has 2 aliphatic heterocycles. The summed E-state index contributed by atoms with van der Waals surface area (Å²) >= 11 is 0. The number of piperidine rings is 1. The van der Waals surface area contributed by atoms with E-state index in [-0.39, 0.29) is 12.1 Å². The molecule has 0 radical (unpaired) electrons. The van der Waals surface area contributed by atoms with Gasteiger partial charge in [-0.25, -0.2) is 19.4 Å². The Morgan fingerprint density at radius 3 is 2.62 bits per heavy atom. The topological polar surface area (TPSA) is 101 Å². The van der Waals surface area contributed by atoms with Crippen LogP contribution in [0.5, 0.6) is 5.75 Å². The second-order valence-electron chi connectivity index (χ2n) is 9.98. The van der Waals surface area contributed by atoms with Crippen molar-refractivity contribution < 1.29 is 14.3 Å². The molecule has 0 atom stereocenters. The maximum absolute atomic E-state index is 12.7. The molecule has 2 saturated heterocycles. The molecular formula is C29H29N7O3. The van der Waals surface area contributed by atoms with Crippen LogP contribution < -0.4 is 9.64 Å². The highest BCUT2D eigenvalue weighted by molar-refractivity contribution is 5.90. The zero-order valence-corrected chi connectivity index (χ0v) is 21.5. The first-order chi connectivity index (χ1) is 19.2. The number of amides is 1. The van der Waals surface area contributed by atoms with E-state index in [0.29, 0.717) is 37.9 Å². The van der Waals surface area contributed by atoms with E-state index in [1.54, 1.807) is 17.0 Å². The Morgan fingerprint density at radius 1 is 0.974 bits per heavy atom. The Labute approximate surface area is 225 Å². The van der Waals surface area contributed by atoms with Crippen LogP contribution >= 0.6 is 0 Å². The normalized spacial score (nSPS) is 16.7. The lowest BCUT2D eigenvalue weighted by molar-refractivity contribution is 0.122. The predicted molar refractivity (Wildman–Crippen MR) is 148 cm³/mol.